The van der Waals surface area contributed by atoms with Crippen molar-refractivity contribution in [1.29, 1.82) is 0 Å². The third-order valence-corrected chi connectivity index (χ3v) is 3.78. The van der Waals surface area contributed by atoms with Crippen LogP contribution in [0.3, 0.4) is 0 Å². The lowest BCUT2D eigenvalue weighted by Crippen LogP contribution is -2.46. The fraction of sp³-hybridized carbons (Fsp3) is 0.643. The zero-order valence-electron chi connectivity index (χ0n) is 11.4. The molecule has 1 aromatic rings. The van der Waals surface area contributed by atoms with Crippen LogP contribution in [-0.2, 0) is 9.53 Å². The Morgan fingerprint density at radius 2 is 2.20 bits per heavy atom. The smallest absolute Gasteiger partial charge is 0.316 e. The Kier molecular flexibility index (Phi) is 4.11. The molecule has 1 aromatic heterocycles. The molecule has 3 rings (SSSR count). The average molecular weight is 277 g/mol. The number of ether oxygens (including phenoxy) is 2. The first kappa shape index (κ1) is 13.3. The Balaban J connectivity index is 1.57. The summed E-state index contributed by atoms with van der Waals surface area (Å²) in [5.41, 5.74) is 0. The maximum Gasteiger partial charge on any atom is 0.316 e. The third-order valence-electron chi connectivity index (χ3n) is 3.78. The van der Waals surface area contributed by atoms with Crippen molar-refractivity contribution in [2.45, 2.75) is 25.4 Å². The highest BCUT2D eigenvalue weighted by atomic mass is 16.5. The van der Waals surface area contributed by atoms with Gasteiger partial charge in [-0.2, -0.15) is 0 Å². The summed E-state index contributed by atoms with van der Waals surface area (Å²) in [4.78, 5) is 22.4. The van der Waals surface area contributed by atoms with Gasteiger partial charge in [0.25, 0.3) is 0 Å². The zero-order valence-corrected chi connectivity index (χ0v) is 11.4. The van der Waals surface area contributed by atoms with Gasteiger partial charge in [-0.05, 0) is 25.3 Å². The number of rotatable bonds is 3. The standard InChI is InChI=1S/C14H19N3O3/c18-13(11-4-8-19-10-11)17-7-1-3-12(9-17)20-14-15-5-2-6-16-14/h2,5-6,11-12H,1,3-4,7-10H2. The van der Waals surface area contributed by atoms with E-state index in [1.165, 1.54) is 0 Å². The van der Waals surface area contributed by atoms with E-state index in [4.69, 9.17) is 9.47 Å². The molecule has 20 heavy (non-hydrogen) atoms. The summed E-state index contributed by atoms with van der Waals surface area (Å²) in [5, 5.41) is 0. The molecule has 2 saturated heterocycles. The fourth-order valence-corrected chi connectivity index (χ4v) is 2.72. The third kappa shape index (κ3) is 3.07. The first-order valence-corrected chi connectivity index (χ1v) is 7.13. The topological polar surface area (TPSA) is 64.5 Å². The monoisotopic (exact) mass is 277 g/mol. The predicted octanol–water partition coefficient (Wildman–Crippen LogP) is 0.883. The van der Waals surface area contributed by atoms with Crippen molar-refractivity contribution in [2.75, 3.05) is 26.3 Å². The van der Waals surface area contributed by atoms with Crippen LogP contribution in [0.15, 0.2) is 18.5 Å². The number of likely N-dealkylation sites (tertiary alicyclic amines) is 1. The lowest BCUT2D eigenvalue weighted by molar-refractivity contribution is -0.138. The minimum atomic E-state index is -0.0163. The molecule has 6 heteroatoms. The van der Waals surface area contributed by atoms with E-state index in [9.17, 15) is 4.79 Å². The van der Waals surface area contributed by atoms with Crippen molar-refractivity contribution < 1.29 is 14.3 Å². The summed E-state index contributed by atoms with van der Waals surface area (Å²) in [6.45, 7) is 2.68. The molecule has 2 aliphatic heterocycles. The van der Waals surface area contributed by atoms with Crippen LogP contribution in [0.2, 0.25) is 0 Å². The van der Waals surface area contributed by atoms with E-state index in [0.29, 0.717) is 25.8 Å². The highest BCUT2D eigenvalue weighted by Crippen LogP contribution is 2.20. The molecular formula is C14H19N3O3. The SMILES string of the molecule is O=C(C1CCOC1)N1CCCC(Oc2ncccn2)C1. The lowest BCUT2D eigenvalue weighted by atomic mass is 10.0. The fourth-order valence-electron chi connectivity index (χ4n) is 2.72. The molecule has 0 aliphatic carbocycles. The molecule has 6 nitrogen and oxygen atoms in total. The van der Waals surface area contributed by atoms with Crippen molar-refractivity contribution in [3.05, 3.63) is 18.5 Å². The largest absolute Gasteiger partial charge is 0.458 e. The molecule has 0 N–H and O–H groups in total. The molecule has 0 aromatic carbocycles. The summed E-state index contributed by atoms with van der Waals surface area (Å²) >= 11 is 0. The molecule has 2 unspecified atom stereocenters. The quantitative estimate of drug-likeness (QED) is 0.820. The Hall–Kier alpha value is -1.69. The van der Waals surface area contributed by atoms with Crippen LogP contribution in [-0.4, -0.2) is 53.2 Å². The Bertz CT molecular complexity index is 448. The Morgan fingerprint density at radius 1 is 1.35 bits per heavy atom. The van der Waals surface area contributed by atoms with Crippen LogP contribution in [0.25, 0.3) is 0 Å². The normalized spacial score (nSPS) is 26.5. The minimum absolute atomic E-state index is 0.0163. The van der Waals surface area contributed by atoms with Gasteiger partial charge in [-0.15, -0.1) is 0 Å². The van der Waals surface area contributed by atoms with Gasteiger partial charge in [0.2, 0.25) is 5.91 Å². The van der Waals surface area contributed by atoms with Crippen LogP contribution in [0.5, 0.6) is 6.01 Å². The number of nitrogens with zero attached hydrogens (tertiary/aromatic N) is 3. The number of hydrogen-bond acceptors (Lipinski definition) is 5. The molecular weight excluding hydrogens is 258 g/mol. The second-order valence-corrected chi connectivity index (χ2v) is 5.26. The molecule has 0 spiro atoms. The van der Waals surface area contributed by atoms with E-state index >= 15 is 0 Å². The number of piperidine rings is 1. The first-order valence-electron chi connectivity index (χ1n) is 7.13. The van der Waals surface area contributed by atoms with Gasteiger partial charge in [0.15, 0.2) is 0 Å². The van der Waals surface area contributed by atoms with Gasteiger partial charge < -0.3 is 14.4 Å². The number of carbonyl (C=O) groups excluding carboxylic acids is 1. The van der Waals surface area contributed by atoms with Crippen molar-refractivity contribution >= 4 is 5.91 Å². The molecule has 2 fully saturated rings. The van der Waals surface area contributed by atoms with Gasteiger partial charge in [-0.25, -0.2) is 9.97 Å². The van der Waals surface area contributed by atoms with E-state index in [2.05, 4.69) is 9.97 Å². The van der Waals surface area contributed by atoms with Gasteiger partial charge in [0, 0.05) is 25.5 Å². The first-order chi connectivity index (χ1) is 9.83. The second-order valence-electron chi connectivity index (χ2n) is 5.26. The van der Waals surface area contributed by atoms with Crippen LogP contribution in [0, 0.1) is 5.92 Å². The average Bonchev–Trinajstić information content (AvgIpc) is 3.02. The number of aromatic nitrogens is 2. The van der Waals surface area contributed by atoms with Crippen LogP contribution in [0.4, 0.5) is 0 Å². The van der Waals surface area contributed by atoms with Gasteiger partial charge >= 0.3 is 6.01 Å². The summed E-state index contributed by atoms with van der Waals surface area (Å²) < 4.78 is 11.0. The van der Waals surface area contributed by atoms with Crippen molar-refractivity contribution in [1.82, 2.24) is 14.9 Å². The molecule has 0 radical (unpaired) electrons. The van der Waals surface area contributed by atoms with Crippen LogP contribution in [0.1, 0.15) is 19.3 Å². The number of amides is 1. The number of hydrogen-bond donors (Lipinski definition) is 0. The molecule has 2 aliphatic rings. The van der Waals surface area contributed by atoms with Gasteiger partial charge in [0.05, 0.1) is 19.1 Å². The van der Waals surface area contributed by atoms with Gasteiger partial charge in [-0.3, -0.25) is 4.79 Å². The van der Waals surface area contributed by atoms with Crippen LogP contribution < -0.4 is 4.74 Å². The van der Waals surface area contributed by atoms with E-state index < -0.39 is 0 Å². The molecule has 108 valence electrons. The number of carbonyl (C=O) groups is 1. The summed E-state index contributed by atoms with van der Waals surface area (Å²) in [5.74, 6) is 0.228. The van der Waals surface area contributed by atoms with Gasteiger partial charge in [-0.1, -0.05) is 0 Å². The van der Waals surface area contributed by atoms with Crippen molar-refractivity contribution in [3.8, 4) is 6.01 Å². The Labute approximate surface area is 118 Å². The maximum absolute atomic E-state index is 12.4. The maximum atomic E-state index is 12.4. The van der Waals surface area contributed by atoms with E-state index in [1.54, 1.807) is 18.5 Å². The summed E-state index contributed by atoms with van der Waals surface area (Å²) in [6, 6.07) is 2.14. The highest BCUT2D eigenvalue weighted by Gasteiger charge is 2.31. The van der Waals surface area contributed by atoms with E-state index in [-0.39, 0.29) is 17.9 Å². The molecule has 0 bridgehead atoms. The van der Waals surface area contributed by atoms with E-state index in [0.717, 1.165) is 25.8 Å². The van der Waals surface area contributed by atoms with Gasteiger partial charge in [0.1, 0.15) is 6.10 Å². The summed E-state index contributed by atoms with van der Waals surface area (Å²) in [6.07, 6.45) is 6.02. The molecule has 1 amide bonds. The van der Waals surface area contributed by atoms with E-state index in [1.807, 2.05) is 4.90 Å². The molecule has 0 saturated carbocycles. The van der Waals surface area contributed by atoms with Crippen molar-refractivity contribution in [2.24, 2.45) is 5.92 Å². The molecule has 2 atom stereocenters. The van der Waals surface area contributed by atoms with Crippen molar-refractivity contribution in [3.63, 3.8) is 0 Å². The van der Waals surface area contributed by atoms with Crippen LogP contribution >= 0.6 is 0 Å². The lowest BCUT2D eigenvalue weighted by Gasteiger charge is -2.33. The molecule has 3 heterocycles. The highest BCUT2D eigenvalue weighted by molar-refractivity contribution is 5.79. The second kappa shape index (κ2) is 6.17. The summed E-state index contributed by atoms with van der Waals surface area (Å²) in [7, 11) is 0. The Morgan fingerprint density at radius 3 is 2.95 bits per heavy atom. The predicted molar refractivity (Wildman–Crippen MR) is 71.2 cm³/mol. The zero-order chi connectivity index (χ0) is 13.8. The minimum Gasteiger partial charge on any atom is -0.458 e.